The quantitative estimate of drug-likeness (QED) is 0.915. The summed E-state index contributed by atoms with van der Waals surface area (Å²) in [5.74, 6) is 1.18. The Balaban J connectivity index is 1.76. The molecule has 1 aliphatic carbocycles. The van der Waals surface area contributed by atoms with Crippen LogP contribution in [0.5, 0.6) is 0 Å². The molecule has 0 saturated heterocycles. The molecule has 0 atom stereocenters. The minimum atomic E-state index is -0.215. The van der Waals surface area contributed by atoms with Gasteiger partial charge in [-0.3, -0.25) is 0 Å². The number of nitrogens with two attached hydrogens (primary N) is 1. The summed E-state index contributed by atoms with van der Waals surface area (Å²) in [6, 6.07) is 3.33. The summed E-state index contributed by atoms with van der Waals surface area (Å²) in [4.78, 5) is 4.27. The number of aryl methyl sites for hydroxylation is 2. The molecule has 0 unspecified atom stereocenters. The number of nitrogens with zero attached hydrogens (tertiary/aromatic N) is 2. The van der Waals surface area contributed by atoms with Crippen molar-refractivity contribution >= 4 is 17.0 Å². The highest BCUT2D eigenvalue weighted by Gasteiger charge is 2.15. The largest absolute Gasteiger partial charge is 0.369 e. The highest BCUT2D eigenvalue weighted by atomic mass is 19.1. The zero-order chi connectivity index (χ0) is 14.1. The lowest BCUT2D eigenvalue weighted by Crippen LogP contribution is -2.05. The molecular weight excluding hydrogens is 253 g/mol. The van der Waals surface area contributed by atoms with E-state index >= 15 is 0 Å². The normalized spacial score (nSPS) is 16.3. The van der Waals surface area contributed by atoms with Crippen molar-refractivity contribution in [3.05, 3.63) is 23.5 Å². The van der Waals surface area contributed by atoms with Gasteiger partial charge in [-0.1, -0.05) is 25.7 Å². The Morgan fingerprint density at radius 2 is 2.10 bits per heavy atom. The van der Waals surface area contributed by atoms with Gasteiger partial charge < -0.3 is 10.3 Å². The van der Waals surface area contributed by atoms with E-state index in [2.05, 4.69) is 4.98 Å². The number of imidazole rings is 1. The van der Waals surface area contributed by atoms with Crippen molar-refractivity contribution < 1.29 is 4.39 Å². The molecule has 2 N–H and O–H groups in total. The molecule has 1 saturated carbocycles. The molecule has 1 aliphatic rings. The van der Waals surface area contributed by atoms with E-state index in [1.807, 2.05) is 10.6 Å². The predicted molar refractivity (Wildman–Crippen MR) is 80.0 cm³/mol. The number of rotatable bonds is 4. The van der Waals surface area contributed by atoms with Gasteiger partial charge in [-0.15, -0.1) is 0 Å². The molecule has 0 spiro atoms. The molecule has 0 amide bonds. The van der Waals surface area contributed by atoms with Gasteiger partial charge in [0.05, 0.1) is 11.0 Å². The molecular formula is C16H22FN3. The highest BCUT2D eigenvalue weighted by Crippen LogP contribution is 2.29. The minimum absolute atomic E-state index is 0.215. The van der Waals surface area contributed by atoms with Gasteiger partial charge in [0.15, 0.2) is 0 Å². The van der Waals surface area contributed by atoms with Crippen LogP contribution < -0.4 is 5.73 Å². The molecule has 3 rings (SSSR count). The first-order valence-corrected chi connectivity index (χ1v) is 7.57. The first kappa shape index (κ1) is 13.4. The van der Waals surface area contributed by atoms with Crippen molar-refractivity contribution in [2.75, 3.05) is 5.73 Å². The smallest absolute Gasteiger partial charge is 0.201 e. The van der Waals surface area contributed by atoms with Crippen LogP contribution in [-0.4, -0.2) is 9.55 Å². The topological polar surface area (TPSA) is 43.8 Å². The zero-order valence-electron chi connectivity index (χ0n) is 12.0. The third kappa shape index (κ3) is 2.51. The summed E-state index contributed by atoms with van der Waals surface area (Å²) in [5.41, 5.74) is 8.24. The number of aromatic nitrogens is 2. The van der Waals surface area contributed by atoms with Crippen LogP contribution in [0.3, 0.4) is 0 Å². The number of halogens is 1. The molecule has 108 valence electrons. The molecule has 0 aliphatic heterocycles. The lowest BCUT2D eigenvalue weighted by atomic mass is 10.0. The Hall–Kier alpha value is -1.58. The van der Waals surface area contributed by atoms with Gasteiger partial charge in [-0.25, -0.2) is 9.37 Å². The van der Waals surface area contributed by atoms with Gasteiger partial charge in [0.25, 0.3) is 0 Å². The van der Waals surface area contributed by atoms with E-state index in [0.29, 0.717) is 17.0 Å². The van der Waals surface area contributed by atoms with Crippen LogP contribution in [-0.2, 0) is 6.54 Å². The molecule has 20 heavy (non-hydrogen) atoms. The Labute approximate surface area is 119 Å². The maximum atomic E-state index is 13.6. The Kier molecular flexibility index (Phi) is 3.64. The lowest BCUT2D eigenvalue weighted by molar-refractivity contribution is 0.462. The third-order valence-electron chi connectivity index (χ3n) is 4.53. The second-order valence-corrected chi connectivity index (χ2v) is 6.00. The molecule has 1 aromatic carbocycles. The standard InChI is InChI=1S/C16H22FN3/c1-11-9-15-14(10-13(11)17)19-16(18)20(15)8-4-7-12-5-2-3-6-12/h9-10,12H,2-8H2,1H3,(H2,18,19). The maximum absolute atomic E-state index is 13.6. The molecule has 0 radical (unpaired) electrons. The average Bonchev–Trinajstić information content (AvgIpc) is 3.01. The highest BCUT2D eigenvalue weighted by molar-refractivity contribution is 5.79. The minimum Gasteiger partial charge on any atom is -0.369 e. The second-order valence-electron chi connectivity index (χ2n) is 6.00. The second kappa shape index (κ2) is 5.43. The van der Waals surface area contributed by atoms with Crippen LogP contribution in [0.4, 0.5) is 10.3 Å². The van der Waals surface area contributed by atoms with E-state index in [0.717, 1.165) is 24.4 Å². The fraction of sp³-hybridized carbons (Fsp3) is 0.562. The fourth-order valence-corrected chi connectivity index (χ4v) is 3.34. The van der Waals surface area contributed by atoms with Crippen LogP contribution in [0.25, 0.3) is 11.0 Å². The predicted octanol–water partition coefficient (Wildman–Crippen LogP) is 4.04. The molecule has 2 aromatic rings. The number of nitrogen functional groups attached to an aromatic ring is 1. The lowest BCUT2D eigenvalue weighted by Gasteiger charge is -2.10. The molecule has 3 nitrogen and oxygen atoms in total. The van der Waals surface area contributed by atoms with E-state index < -0.39 is 0 Å². The fourth-order valence-electron chi connectivity index (χ4n) is 3.34. The van der Waals surface area contributed by atoms with Gasteiger partial charge in [0.2, 0.25) is 5.95 Å². The van der Waals surface area contributed by atoms with Crippen LogP contribution in [0.2, 0.25) is 0 Å². The van der Waals surface area contributed by atoms with Crippen molar-refractivity contribution in [1.82, 2.24) is 9.55 Å². The van der Waals surface area contributed by atoms with E-state index in [9.17, 15) is 4.39 Å². The van der Waals surface area contributed by atoms with Crippen molar-refractivity contribution in [2.24, 2.45) is 5.92 Å². The molecule has 0 bridgehead atoms. The first-order valence-electron chi connectivity index (χ1n) is 7.57. The third-order valence-corrected chi connectivity index (χ3v) is 4.53. The summed E-state index contributed by atoms with van der Waals surface area (Å²) in [6.07, 6.45) is 7.92. The molecule has 1 aromatic heterocycles. The summed E-state index contributed by atoms with van der Waals surface area (Å²) in [7, 11) is 0. The molecule has 4 heteroatoms. The van der Waals surface area contributed by atoms with Crippen LogP contribution in [0.1, 0.15) is 44.1 Å². The number of fused-ring (bicyclic) bond motifs is 1. The number of benzene rings is 1. The Morgan fingerprint density at radius 3 is 2.85 bits per heavy atom. The van der Waals surface area contributed by atoms with Crippen LogP contribution >= 0.6 is 0 Å². The number of hydrogen-bond acceptors (Lipinski definition) is 2. The SMILES string of the molecule is Cc1cc2c(cc1F)nc(N)n2CCCC1CCCC1. The molecule has 1 fully saturated rings. The Bertz CT molecular complexity index is 612. The van der Waals surface area contributed by atoms with E-state index in [4.69, 9.17) is 5.73 Å². The van der Waals surface area contributed by atoms with Crippen molar-refractivity contribution in [3.8, 4) is 0 Å². The summed E-state index contributed by atoms with van der Waals surface area (Å²) >= 11 is 0. The number of anilines is 1. The summed E-state index contributed by atoms with van der Waals surface area (Å²) in [6.45, 7) is 2.66. The monoisotopic (exact) mass is 275 g/mol. The van der Waals surface area contributed by atoms with E-state index in [1.165, 1.54) is 38.2 Å². The summed E-state index contributed by atoms with van der Waals surface area (Å²) in [5, 5.41) is 0. The summed E-state index contributed by atoms with van der Waals surface area (Å²) < 4.78 is 15.6. The average molecular weight is 275 g/mol. The maximum Gasteiger partial charge on any atom is 0.201 e. The van der Waals surface area contributed by atoms with Gasteiger partial charge >= 0.3 is 0 Å². The van der Waals surface area contributed by atoms with Gasteiger partial charge in [-0.2, -0.15) is 0 Å². The van der Waals surface area contributed by atoms with Crippen molar-refractivity contribution in [1.29, 1.82) is 0 Å². The van der Waals surface area contributed by atoms with E-state index in [-0.39, 0.29) is 5.82 Å². The van der Waals surface area contributed by atoms with Crippen molar-refractivity contribution in [2.45, 2.75) is 52.0 Å². The van der Waals surface area contributed by atoms with E-state index in [1.54, 1.807) is 6.92 Å². The van der Waals surface area contributed by atoms with Gasteiger partial charge in [0, 0.05) is 12.6 Å². The molecule has 1 heterocycles. The van der Waals surface area contributed by atoms with Crippen molar-refractivity contribution in [3.63, 3.8) is 0 Å². The first-order chi connectivity index (χ1) is 9.65. The van der Waals surface area contributed by atoms with Crippen LogP contribution in [0.15, 0.2) is 12.1 Å². The van der Waals surface area contributed by atoms with Crippen LogP contribution in [0, 0.1) is 18.7 Å². The van der Waals surface area contributed by atoms with Gasteiger partial charge in [0.1, 0.15) is 5.82 Å². The zero-order valence-corrected chi connectivity index (χ0v) is 12.0. The Morgan fingerprint density at radius 1 is 1.35 bits per heavy atom. The number of hydrogen-bond donors (Lipinski definition) is 1. The van der Waals surface area contributed by atoms with Gasteiger partial charge in [-0.05, 0) is 37.3 Å².